The fourth-order valence-electron chi connectivity index (χ4n) is 4.26. The van der Waals surface area contributed by atoms with Crippen LogP contribution in [0.5, 0.6) is 0 Å². The number of hydrogen-bond donors (Lipinski definition) is 1. The van der Waals surface area contributed by atoms with Crippen LogP contribution in [0.25, 0.3) is 0 Å². The van der Waals surface area contributed by atoms with Crippen molar-refractivity contribution in [3.63, 3.8) is 0 Å². The van der Waals surface area contributed by atoms with Crippen LogP contribution in [0.4, 0.5) is 0 Å². The summed E-state index contributed by atoms with van der Waals surface area (Å²) < 4.78 is 5.92. The Labute approximate surface area is 132 Å². The van der Waals surface area contributed by atoms with Gasteiger partial charge in [-0.05, 0) is 39.2 Å². The van der Waals surface area contributed by atoms with Crippen molar-refractivity contribution >= 4 is 0 Å². The number of rotatable bonds is 12. The van der Waals surface area contributed by atoms with Gasteiger partial charge < -0.3 is 10.1 Å². The second-order valence-corrected chi connectivity index (χ2v) is 7.25. The molecule has 21 heavy (non-hydrogen) atoms. The van der Waals surface area contributed by atoms with E-state index in [1.54, 1.807) is 0 Å². The van der Waals surface area contributed by atoms with Crippen LogP contribution >= 0.6 is 0 Å². The molecule has 2 aliphatic carbocycles. The molecule has 0 heterocycles. The Morgan fingerprint density at radius 3 is 2.19 bits per heavy atom. The molecule has 2 atom stereocenters. The van der Waals surface area contributed by atoms with Crippen LogP contribution in [0.15, 0.2) is 0 Å². The average molecular weight is 296 g/mol. The van der Waals surface area contributed by atoms with Crippen LogP contribution in [0.2, 0.25) is 0 Å². The van der Waals surface area contributed by atoms with Crippen molar-refractivity contribution < 1.29 is 4.74 Å². The Morgan fingerprint density at radius 1 is 0.952 bits per heavy atom. The van der Waals surface area contributed by atoms with E-state index in [1.165, 1.54) is 83.6 Å². The SMILES string of the molecule is CCCCCCCCCCNC1CC(OCC)C12CCC2. The summed E-state index contributed by atoms with van der Waals surface area (Å²) in [7, 11) is 0. The summed E-state index contributed by atoms with van der Waals surface area (Å²) in [4.78, 5) is 0. The molecule has 2 fully saturated rings. The maximum Gasteiger partial charge on any atom is 0.0661 e. The molecule has 2 unspecified atom stereocenters. The molecule has 0 aromatic rings. The number of unbranched alkanes of at least 4 members (excludes halogenated alkanes) is 7. The van der Waals surface area contributed by atoms with E-state index in [0.29, 0.717) is 11.5 Å². The highest BCUT2D eigenvalue weighted by atomic mass is 16.5. The molecule has 0 aromatic carbocycles. The summed E-state index contributed by atoms with van der Waals surface area (Å²) in [6.07, 6.45) is 17.3. The van der Waals surface area contributed by atoms with Gasteiger partial charge in [-0.25, -0.2) is 0 Å². The first kappa shape index (κ1) is 17.3. The van der Waals surface area contributed by atoms with Gasteiger partial charge in [0.25, 0.3) is 0 Å². The lowest BCUT2D eigenvalue weighted by Crippen LogP contribution is -2.66. The van der Waals surface area contributed by atoms with Gasteiger partial charge in [-0.1, -0.05) is 58.3 Å². The Morgan fingerprint density at radius 2 is 1.62 bits per heavy atom. The van der Waals surface area contributed by atoms with E-state index in [0.717, 1.165) is 12.6 Å². The Balaban J connectivity index is 1.46. The molecule has 2 heteroatoms. The summed E-state index contributed by atoms with van der Waals surface area (Å²) in [6.45, 7) is 6.53. The van der Waals surface area contributed by atoms with Crippen LogP contribution in [-0.4, -0.2) is 25.3 Å². The fourth-order valence-corrected chi connectivity index (χ4v) is 4.26. The van der Waals surface area contributed by atoms with Crippen molar-refractivity contribution in [2.45, 2.75) is 103 Å². The van der Waals surface area contributed by atoms with Crippen LogP contribution < -0.4 is 5.32 Å². The Bertz CT molecular complexity index is 275. The van der Waals surface area contributed by atoms with E-state index < -0.39 is 0 Å². The van der Waals surface area contributed by atoms with Gasteiger partial charge in [-0.2, -0.15) is 0 Å². The minimum atomic E-state index is 0.538. The van der Waals surface area contributed by atoms with E-state index in [4.69, 9.17) is 4.74 Å². The molecular weight excluding hydrogens is 258 g/mol. The minimum absolute atomic E-state index is 0.538. The largest absolute Gasteiger partial charge is 0.378 e. The normalized spacial score (nSPS) is 26.6. The van der Waals surface area contributed by atoms with Crippen molar-refractivity contribution in [3.05, 3.63) is 0 Å². The molecule has 1 spiro atoms. The predicted molar refractivity (Wildman–Crippen MR) is 90.7 cm³/mol. The first-order chi connectivity index (χ1) is 10.3. The molecule has 0 radical (unpaired) electrons. The predicted octanol–water partition coefficient (Wildman–Crippen LogP) is 5.06. The second-order valence-electron chi connectivity index (χ2n) is 7.25. The van der Waals surface area contributed by atoms with Crippen LogP contribution in [0.1, 0.15) is 90.9 Å². The molecule has 0 aromatic heterocycles. The highest BCUT2D eigenvalue weighted by molar-refractivity contribution is 5.12. The lowest BCUT2D eigenvalue weighted by atomic mass is 9.51. The number of nitrogens with one attached hydrogen (secondary N) is 1. The first-order valence-corrected chi connectivity index (χ1v) is 9.68. The summed E-state index contributed by atoms with van der Waals surface area (Å²) in [5.74, 6) is 0. The molecule has 0 aliphatic heterocycles. The van der Waals surface area contributed by atoms with E-state index in [-0.39, 0.29) is 0 Å². The Kier molecular flexibility index (Phi) is 7.53. The molecule has 2 rings (SSSR count). The molecule has 2 aliphatic rings. The lowest BCUT2D eigenvalue weighted by molar-refractivity contribution is -0.172. The van der Waals surface area contributed by atoms with Gasteiger partial charge >= 0.3 is 0 Å². The molecule has 2 nitrogen and oxygen atoms in total. The van der Waals surface area contributed by atoms with E-state index >= 15 is 0 Å². The third kappa shape index (κ3) is 4.45. The lowest BCUT2D eigenvalue weighted by Gasteiger charge is -2.61. The van der Waals surface area contributed by atoms with E-state index in [9.17, 15) is 0 Å². The first-order valence-electron chi connectivity index (χ1n) is 9.68. The minimum Gasteiger partial charge on any atom is -0.378 e. The van der Waals surface area contributed by atoms with Gasteiger partial charge in [0, 0.05) is 18.1 Å². The average Bonchev–Trinajstić information content (AvgIpc) is 2.41. The molecule has 0 saturated heterocycles. The molecule has 124 valence electrons. The molecule has 2 saturated carbocycles. The second kappa shape index (κ2) is 9.15. The monoisotopic (exact) mass is 295 g/mol. The van der Waals surface area contributed by atoms with E-state index in [2.05, 4.69) is 19.2 Å². The molecular formula is C19H37NO. The zero-order valence-electron chi connectivity index (χ0n) is 14.5. The van der Waals surface area contributed by atoms with Crippen molar-refractivity contribution in [1.29, 1.82) is 0 Å². The van der Waals surface area contributed by atoms with Gasteiger partial charge in [0.15, 0.2) is 0 Å². The van der Waals surface area contributed by atoms with Crippen LogP contribution in [-0.2, 0) is 4.74 Å². The summed E-state index contributed by atoms with van der Waals surface area (Å²) in [6, 6.07) is 0.757. The van der Waals surface area contributed by atoms with E-state index in [1.807, 2.05) is 0 Å². The molecule has 0 amide bonds. The zero-order valence-corrected chi connectivity index (χ0v) is 14.5. The topological polar surface area (TPSA) is 21.3 Å². The maximum atomic E-state index is 5.92. The molecule has 1 N–H and O–H groups in total. The maximum absolute atomic E-state index is 5.92. The van der Waals surface area contributed by atoms with Crippen molar-refractivity contribution in [2.75, 3.05) is 13.2 Å². The van der Waals surface area contributed by atoms with Crippen LogP contribution in [0, 0.1) is 5.41 Å². The third-order valence-electron chi connectivity index (χ3n) is 5.86. The van der Waals surface area contributed by atoms with Crippen molar-refractivity contribution in [2.24, 2.45) is 5.41 Å². The van der Waals surface area contributed by atoms with Gasteiger partial charge in [0.2, 0.25) is 0 Å². The summed E-state index contributed by atoms with van der Waals surface area (Å²) in [5.41, 5.74) is 0.538. The summed E-state index contributed by atoms with van der Waals surface area (Å²) >= 11 is 0. The van der Waals surface area contributed by atoms with Gasteiger partial charge in [-0.15, -0.1) is 0 Å². The third-order valence-corrected chi connectivity index (χ3v) is 5.86. The zero-order chi connectivity index (χ0) is 15.0. The number of hydrogen-bond acceptors (Lipinski definition) is 2. The van der Waals surface area contributed by atoms with Crippen molar-refractivity contribution in [1.82, 2.24) is 5.32 Å². The van der Waals surface area contributed by atoms with Gasteiger partial charge in [0.1, 0.15) is 0 Å². The smallest absolute Gasteiger partial charge is 0.0661 e. The highest BCUT2D eigenvalue weighted by Gasteiger charge is 2.58. The quantitative estimate of drug-likeness (QED) is 0.508. The fraction of sp³-hybridized carbons (Fsp3) is 1.00. The van der Waals surface area contributed by atoms with Crippen LogP contribution in [0.3, 0.4) is 0 Å². The van der Waals surface area contributed by atoms with Gasteiger partial charge in [0.05, 0.1) is 6.10 Å². The number of ether oxygens (including phenoxy) is 1. The van der Waals surface area contributed by atoms with Gasteiger partial charge in [-0.3, -0.25) is 0 Å². The Hall–Kier alpha value is -0.0800. The van der Waals surface area contributed by atoms with Crippen molar-refractivity contribution in [3.8, 4) is 0 Å². The molecule has 0 bridgehead atoms. The summed E-state index contributed by atoms with van der Waals surface area (Å²) in [5, 5.41) is 3.83. The highest BCUT2D eigenvalue weighted by Crippen LogP contribution is 2.57. The standard InChI is InChI=1S/C19H37NO/c1-3-5-6-7-8-9-10-11-15-20-17-16-18(21-4-2)19(17)13-12-14-19/h17-18,20H,3-16H2,1-2H3.